The quantitative estimate of drug-likeness (QED) is 0.606. The molecule has 0 unspecified atom stereocenters. The third kappa shape index (κ3) is 5.80. The van der Waals surface area contributed by atoms with Gasteiger partial charge in [-0.25, -0.2) is 13.9 Å². The summed E-state index contributed by atoms with van der Waals surface area (Å²) >= 11 is 0. The lowest BCUT2D eigenvalue weighted by molar-refractivity contribution is -0.116. The van der Waals surface area contributed by atoms with Crippen LogP contribution in [-0.2, 0) is 4.79 Å². The van der Waals surface area contributed by atoms with E-state index in [2.05, 4.69) is 21.0 Å². The van der Waals surface area contributed by atoms with Crippen LogP contribution in [0.25, 0.3) is 5.69 Å². The SMILES string of the molecule is N#Cc1c(F)cccc1-n1ccc(NC(=O)CCCNC(=O)NC2CCCCC2)n1. The van der Waals surface area contributed by atoms with Gasteiger partial charge in [0.15, 0.2) is 5.82 Å². The first-order valence-electron chi connectivity index (χ1n) is 10.2. The number of benzene rings is 1. The molecule has 1 heterocycles. The van der Waals surface area contributed by atoms with Crippen molar-refractivity contribution in [3.8, 4) is 11.8 Å². The van der Waals surface area contributed by atoms with Gasteiger partial charge in [0.1, 0.15) is 17.4 Å². The Bertz CT molecular complexity index is 930. The zero-order chi connectivity index (χ0) is 21.3. The predicted octanol–water partition coefficient (Wildman–Crippen LogP) is 3.23. The lowest BCUT2D eigenvalue weighted by Gasteiger charge is -2.22. The summed E-state index contributed by atoms with van der Waals surface area (Å²) in [6.07, 6.45) is 7.84. The van der Waals surface area contributed by atoms with Crippen molar-refractivity contribution in [3.05, 3.63) is 41.8 Å². The number of rotatable bonds is 7. The molecule has 1 aromatic heterocycles. The maximum Gasteiger partial charge on any atom is 0.315 e. The fourth-order valence-corrected chi connectivity index (χ4v) is 3.48. The summed E-state index contributed by atoms with van der Waals surface area (Å²) in [7, 11) is 0. The van der Waals surface area contributed by atoms with Gasteiger partial charge in [-0.05, 0) is 31.4 Å². The second-order valence-corrected chi connectivity index (χ2v) is 7.28. The standard InChI is InChI=1S/C21H25FN6O2/c22-17-8-4-9-18(16(17)14-23)28-13-11-19(27-28)26-20(29)10-5-12-24-21(30)25-15-6-2-1-3-7-15/h4,8-9,11,13,15H,1-3,5-7,10,12H2,(H2,24,25,30)(H,26,27,29). The van der Waals surface area contributed by atoms with Crippen LogP contribution in [0.3, 0.4) is 0 Å². The van der Waals surface area contributed by atoms with Gasteiger partial charge in [-0.1, -0.05) is 25.3 Å². The van der Waals surface area contributed by atoms with Gasteiger partial charge in [0.25, 0.3) is 0 Å². The van der Waals surface area contributed by atoms with Crippen molar-refractivity contribution in [1.82, 2.24) is 20.4 Å². The number of carbonyl (C=O) groups is 2. The molecule has 0 aliphatic heterocycles. The Balaban J connectivity index is 1.41. The zero-order valence-electron chi connectivity index (χ0n) is 16.7. The Morgan fingerprint density at radius 2 is 2.03 bits per heavy atom. The molecule has 8 nitrogen and oxygen atoms in total. The van der Waals surface area contributed by atoms with E-state index in [9.17, 15) is 14.0 Å². The van der Waals surface area contributed by atoms with E-state index in [-0.39, 0.29) is 30.0 Å². The van der Waals surface area contributed by atoms with Gasteiger partial charge in [0, 0.05) is 31.3 Å². The van der Waals surface area contributed by atoms with E-state index in [4.69, 9.17) is 5.26 Å². The summed E-state index contributed by atoms with van der Waals surface area (Å²) in [5.74, 6) is -0.568. The molecule has 1 aromatic carbocycles. The van der Waals surface area contributed by atoms with Crippen molar-refractivity contribution < 1.29 is 14.0 Å². The molecular weight excluding hydrogens is 387 g/mol. The highest BCUT2D eigenvalue weighted by atomic mass is 19.1. The number of hydrogen-bond donors (Lipinski definition) is 3. The van der Waals surface area contributed by atoms with E-state index in [1.807, 2.05) is 6.07 Å². The molecule has 0 spiro atoms. The molecule has 0 saturated heterocycles. The second-order valence-electron chi connectivity index (χ2n) is 7.28. The Hall–Kier alpha value is -3.41. The van der Waals surface area contributed by atoms with Gasteiger partial charge >= 0.3 is 6.03 Å². The first-order valence-corrected chi connectivity index (χ1v) is 10.2. The van der Waals surface area contributed by atoms with Crippen LogP contribution >= 0.6 is 0 Å². The molecule has 3 rings (SSSR count). The first-order chi connectivity index (χ1) is 14.6. The van der Waals surface area contributed by atoms with Gasteiger partial charge in [0.2, 0.25) is 5.91 Å². The summed E-state index contributed by atoms with van der Waals surface area (Å²) in [6.45, 7) is 0.398. The van der Waals surface area contributed by atoms with Crippen molar-refractivity contribution in [1.29, 1.82) is 5.26 Å². The maximum absolute atomic E-state index is 13.7. The Morgan fingerprint density at radius 3 is 2.80 bits per heavy atom. The number of nitriles is 1. The molecule has 3 amide bonds. The largest absolute Gasteiger partial charge is 0.338 e. The van der Waals surface area contributed by atoms with Gasteiger partial charge in [-0.3, -0.25) is 4.79 Å². The molecule has 1 fully saturated rings. The van der Waals surface area contributed by atoms with E-state index in [1.165, 1.54) is 23.2 Å². The number of nitrogens with one attached hydrogen (secondary N) is 3. The lowest BCUT2D eigenvalue weighted by Crippen LogP contribution is -2.43. The fraction of sp³-hybridized carbons (Fsp3) is 0.429. The molecule has 3 N–H and O–H groups in total. The summed E-state index contributed by atoms with van der Waals surface area (Å²) in [5, 5.41) is 21.7. The normalized spacial score (nSPS) is 14.0. The Labute approximate surface area is 174 Å². The topological polar surface area (TPSA) is 112 Å². The zero-order valence-corrected chi connectivity index (χ0v) is 16.7. The number of nitrogens with zero attached hydrogens (tertiary/aromatic N) is 3. The van der Waals surface area contributed by atoms with Crippen LogP contribution in [0, 0.1) is 17.1 Å². The van der Waals surface area contributed by atoms with Crippen molar-refractivity contribution in [2.75, 3.05) is 11.9 Å². The highest BCUT2D eigenvalue weighted by Crippen LogP contribution is 2.18. The van der Waals surface area contributed by atoms with E-state index in [0.29, 0.717) is 24.5 Å². The van der Waals surface area contributed by atoms with Gasteiger partial charge in [0.05, 0.1) is 5.69 Å². The van der Waals surface area contributed by atoms with E-state index in [0.717, 1.165) is 25.7 Å². The van der Waals surface area contributed by atoms with E-state index >= 15 is 0 Å². The van der Waals surface area contributed by atoms with Crippen molar-refractivity contribution >= 4 is 17.8 Å². The summed E-state index contributed by atoms with van der Waals surface area (Å²) in [5.41, 5.74) is 0.183. The number of urea groups is 1. The summed E-state index contributed by atoms with van der Waals surface area (Å²) in [6, 6.07) is 7.71. The molecule has 0 radical (unpaired) electrons. The number of aromatic nitrogens is 2. The molecule has 158 valence electrons. The van der Waals surface area contributed by atoms with Crippen LogP contribution in [0.1, 0.15) is 50.5 Å². The minimum Gasteiger partial charge on any atom is -0.338 e. The average molecular weight is 412 g/mol. The van der Waals surface area contributed by atoms with Crippen LogP contribution < -0.4 is 16.0 Å². The number of amides is 3. The van der Waals surface area contributed by atoms with Crippen LogP contribution in [0.15, 0.2) is 30.5 Å². The number of anilines is 1. The minimum atomic E-state index is -0.629. The molecule has 1 aliphatic rings. The predicted molar refractivity (Wildman–Crippen MR) is 110 cm³/mol. The van der Waals surface area contributed by atoms with Crippen molar-refractivity contribution in [2.24, 2.45) is 0 Å². The highest BCUT2D eigenvalue weighted by Gasteiger charge is 2.15. The van der Waals surface area contributed by atoms with Crippen LogP contribution in [0.5, 0.6) is 0 Å². The summed E-state index contributed by atoms with van der Waals surface area (Å²) in [4.78, 5) is 24.0. The van der Waals surface area contributed by atoms with Crippen LogP contribution in [0.2, 0.25) is 0 Å². The molecule has 9 heteroatoms. The second kappa shape index (κ2) is 10.4. The van der Waals surface area contributed by atoms with Crippen LogP contribution in [-0.4, -0.2) is 34.3 Å². The molecule has 30 heavy (non-hydrogen) atoms. The highest BCUT2D eigenvalue weighted by molar-refractivity contribution is 5.89. The van der Waals surface area contributed by atoms with E-state index < -0.39 is 5.82 Å². The van der Waals surface area contributed by atoms with Gasteiger partial charge < -0.3 is 16.0 Å². The van der Waals surface area contributed by atoms with Gasteiger partial charge in [-0.2, -0.15) is 10.4 Å². The fourth-order valence-electron chi connectivity index (χ4n) is 3.48. The monoisotopic (exact) mass is 412 g/mol. The van der Waals surface area contributed by atoms with Crippen LogP contribution in [0.4, 0.5) is 15.0 Å². The molecular formula is C21H25FN6O2. The Morgan fingerprint density at radius 1 is 1.23 bits per heavy atom. The molecule has 0 atom stereocenters. The smallest absolute Gasteiger partial charge is 0.315 e. The van der Waals surface area contributed by atoms with E-state index in [1.54, 1.807) is 18.3 Å². The molecule has 1 saturated carbocycles. The first kappa shape index (κ1) is 21.3. The summed E-state index contributed by atoms with van der Waals surface area (Å²) < 4.78 is 15.1. The molecule has 0 bridgehead atoms. The number of carbonyl (C=O) groups excluding carboxylic acids is 2. The third-order valence-electron chi connectivity index (χ3n) is 5.01. The molecule has 1 aliphatic carbocycles. The third-order valence-corrected chi connectivity index (χ3v) is 5.01. The maximum atomic E-state index is 13.7. The van der Waals surface area contributed by atoms with Crippen molar-refractivity contribution in [3.63, 3.8) is 0 Å². The number of halogens is 1. The minimum absolute atomic E-state index is 0.115. The average Bonchev–Trinajstić information content (AvgIpc) is 3.20. The van der Waals surface area contributed by atoms with Gasteiger partial charge in [-0.15, -0.1) is 0 Å². The van der Waals surface area contributed by atoms with Crippen molar-refractivity contribution in [2.45, 2.75) is 51.0 Å². The Kier molecular flexibility index (Phi) is 7.38. The number of hydrogen-bond acceptors (Lipinski definition) is 4. The lowest BCUT2D eigenvalue weighted by atomic mass is 9.96. The molecule has 2 aromatic rings.